The van der Waals surface area contributed by atoms with E-state index in [0.29, 0.717) is 0 Å². The number of carbonyl (C=O) groups is 4. The number of hydrogen-bond acceptors (Lipinski definition) is 7. The molecule has 0 saturated heterocycles. The Hall–Kier alpha value is -3.62. The first-order valence-electron chi connectivity index (χ1n) is 14.0. The zero-order chi connectivity index (χ0) is 32.2. The summed E-state index contributed by atoms with van der Waals surface area (Å²) in [5, 5.41) is 24.7. The van der Waals surface area contributed by atoms with Crippen molar-refractivity contribution in [2.24, 2.45) is 17.3 Å². The Labute approximate surface area is 248 Å². The van der Waals surface area contributed by atoms with Crippen LogP contribution in [0.1, 0.15) is 59.1 Å². The lowest BCUT2D eigenvalue weighted by atomic mass is 9.92. The summed E-state index contributed by atoms with van der Waals surface area (Å²) in [6.45, 7) is 11.6. The number of ether oxygens (including phenoxy) is 1. The molecule has 0 heterocycles. The lowest BCUT2D eigenvalue weighted by Gasteiger charge is -2.26. The summed E-state index contributed by atoms with van der Waals surface area (Å²) in [4.78, 5) is 52.7. The minimum atomic E-state index is -1.25. The van der Waals surface area contributed by atoms with Crippen LogP contribution in [0, 0.1) is 41.3 Å². The number of nitriles is 1. The van der Waals surface area contributed by atoms with Gasteiger partial charge in [0.25, 0.3) is 5.91 Å². The van der Waals surface area contributed by atoms with Crippen LogP contribution in [-0.4, -0.2) is 72.5 Å². The molecule has 0 aliphatic carbocycles. The molecule has 0 aromatic heterocycles. The third kappa shape index (κ3) is 12.1. The van der Waals surface area contributed by atoms with E-state index in [1.165, 1.54) is 24.9 Å². The zero-order valence-electron chi connectivity index (χ0n) is 25.9. The quantitative estimate of drug-likeness (QED) is 0.162. The van der Waals surface area contributed by atoms with Crippen molar-refractivity contribution in [3.63, 3.8) is 0 Å². The Kier molecular flexibility index (Phi) is 14.5. The highest BCUT2D eigenvalue weighted by atomic mass is 19.1. The summed E-state index contributed by atoms with van der Waals surface area (Å²) in [5.41, 5.74) is 0.193. The van der Waals surface area contributed by atoms with Crippen molar-refractivity contribution < 1.29 is 33.4 Å². The van der Waals surface area contributed by atoms with Gasteiger partial charge in [0.05, 0.1) is 25.2 Å². The molecular weight excluding hydrogens is 543 g/mol. The van der Waals surface area contributed by atoms with Gasteiger partial charge in [0.2, 0.25) is 11.8 Å². The zero-order valence-corrected chi connectivity index (χ0v) is 25.9. The third-order valence-electron chi connectivity index (χ3n) is 6.36. The maximum Gasteiger partial charge on any atom is 0.264 e. The van der Waals surface area contributed by atoms with Gasteiger partial charge in [0, 0.05) is 37.5 Å². The maximum atomic E-state index is 14.3. The molecule has 0 aliphatic rings. The largest absolute Gasteiger partial charge is 0.391 e. The highest BCUT2D eigenvalue weighted by molar-refractivity contribution is 5.97. The van der Waals surface area contributed by atoms with Crippen molar-refractivity contribution in [1.82, 2.24) is 15.5 Å². The van der Waals surface area contributed by atoms with Gasteiger partial charge in [-0.1, -0.05) is 52.8 Å². The molecule has 0 bridgehead atoms. The van der Waals surface area contributed by atoms with Crippen LogP contribution >= 0.6 is 0 Å². The average molecular weight is 589 g/mol. The van der Waals surface area contributed by atoms with Gasteiger partial charge in [-0.05, 0) is 31.4 Å². The molecule has 0 spiro atoms. The molecule has 0 unspecified atom stereocenters. The number of aliphatic hydroxyl groups is 1. The van der Waals surface area contributed by atoms with Crippen LogP contribution in [0.5, 0.6) is 0 Å². The van der Waals surface area contributed by atoms with Crippen LogP contribution in [0.2, 0.25) is 0 Å². The number of aliphatic hydroxyl groups excluding tert-OH is 1. The van der Waals surface area contributed by atoms with E-state index in [1.807, 2.05) is 19.9 Å². The highest BCUT2D eigenvalue weighted by Crippen LogP contribution is 2.16. The molecule has 1 rings (SSSR count). The number of rotatable bonds is 15. The fourth-order valence-electron chi connectivity index (χ4n) is 3.77. The fourth-order valence-corrected chi connectivity index (χ4v) is 3.77. The van der Waals surface area contributed by atoms with E-state index < -0.39 is 52.8 Å². The van der Waals surface area contributed by atoms with Gasteiger partial charge in [-0.15, -0.1) is 0 Å². The van der Waals surface area contributed by atoms with E-state index in [-0.39, 0.29) is 49.8 Å². The maximum absolute atomic E-state index is 14.3. The minimum absolute atomic E-state index is 0.00772. The standard InChI is InChI=1S/C31H45FN4O6/c1-19(2)13-23(16-33)29(40)36(8)11-12-42-18-24(28(39)34-17-22-10-9-20(3)14-25(22)32)15-26(38)27(21(4)37)35-30(41)31(5,6)7/h9-10,13-14,19,21,24,27,37H,11-12,15,17-18H2,1-8H3,(H,34,39)(H,35,41)/t21-,24+,27+/m1/s1. The van der Waals surface area contributed by atoms with E-state index in [0.717, 1.165) is 5.56 Å². The third-order valence-corrected chi connectivity index (χ3v) is 6.36. The van der Waals surface area contributed by atoms with Crippen LogP contribution in [0.3, 0.4) is 0 Å². The van der Waals surface area contributed by atoms with Gasteiger partial charge in [-0.3, -0.25) is 19.2 Å². The van der Waals surface area contributed by atoms with Gasteiger partial charge in [0.15, 0.2) is 5.78 Å². The van der Waals surface area contributed by atoms with Gasteiger partial charge in [0.1, 0.15) is 23.5 Å². The number of nitrogens with one attached hydrogen (secondary N) is 2. The first kappa shape index (κ1) is 36.4. The number of hydrogen-bond donors (Lipinski definition) is 3. The van der Waals surface area contributed by atoms with Gasteiger partial charge < -0.3 is 25.4 Å². The van der Waals surface area contributed by atoms with Gasteiger partial charge in [-0.2, -0.15) is 5.26 Å². The van der Waals surface area contributed by atoms with Crippen molar-refractivity contribution in [3.8, 4) is 6.07 Å². The van der Waals surface area contributed by atoms with Crippen molar-refractivity contribution >= 4 is 23.5 Å². The molecule has 42 heavy (non-hydrogen) atoms. The van der Waals surface area contributed by atoms with E-state index in [4.69, 9.17) is 4.74 Å². The smallest absolute Gasteiger partial charge is 0.264 e. The van der Waals surface area contributed by atoms with Crippen molar-refractivity contribution in [3.05, 3.63) is 46.8 Å². The summed E-state index contributed by atoms with van der Waals surface area (Å²) >= 11 is 0. The fraction of sp³-hybridized carbons (Fsp3) is 0.581. The van der Waals surface area contributed by atoms with E-state index >= 15 is 0 Å². The molecular formula is C31H45FN4O6. The van der Waals surface area contributed by atoms with Gasteiger partial charge >= 0.3 is 0 Å². The summed E-state index contributed by atoms with van der Waals surface area (Å²) in [7, 11) is 1.52. The second kappa shape index (κ2) is 16.7. The number of likely N-dealkylation sites (N-methyl/N-ethyl adjacent to an activating group) is 1. The molecule has 0 radical (unpaired) electrons. The molecule has 1 aromatic carbocycles. The number of halogens is 1. The first-order valence-corrected chi connectivity index (χ1v) is 14.0. The summed E-state index contributed by atoms with van der Waals surface area (Å²) in [5.74, 6) is -3.55. The van der Waals surface area contributed by atoms with E-state index in [9.17, 15) is 33.9 Å². The van der Waals surface area contributed by atoms with E-state index in [1.54, 1.807) is 45.9 Å². The Morgan fingerprint density at radius 2 is 1.83 bits per heavy atom. The summed E-state index contributed by atoms with van der Waals surface area (Å²) in [6, 6.07) is 5.27. The second-order valence-corrected chi connectivity index (χ2v) is 11.9. The molecule has 0 fully saturated rings. The Bertz CT molecular complexity index is 1180. The number of nitrogens with zero attached hydrogens (tertiary/aromatic N) is 2. The molecule has 232 valence electrons. The summed E-state index contributed by atoms with van der Waals surface area (Å²) < 4.78 is 20.0. The number of allylic oxidation sites excluding steroid dienone is 1. The van der Waals surface area contributed by atoms with Crippen molar-refractivity contribution in [2.45, 2.75) is 73.6 Å². The minimum Gasteiger partial charge on any atom is -0.391 e. The predicted molar refractivity (Wildman–Crippen MR) is 156 cm³/mol. The molecule has 0 aliphatic heterocycles. The number of aryl methyl sites for hydroxylation is 1. The predicted octanol–water partition coefficient (Wildman–Crippen LogP) is 2.82. The molecule has 1 aromatic rings. The van der Waals surface area contributed by atoms with Crippen LogP contribution < -0.4 is 10.6 Å². The Balaban J connectivity index is 3.00. The summed E-state index contributed by atoms with van der Waals surface area (Å²) in [6.07, 6.45) is -0.0188. The van der Waals surface area contributed by atoms with Crippen molar-refractivity contribution in [1.29, 1.82) is 5.26 Å². The van der Waals surface area contributed by atoms with Crippen LogP contribution in [0.25, 0.3) is 0 Å². The molecule has 3 amide bonds. The normalized spacial score (nSPS) is 14.0. The molecule has 3 atom stereocenters. The van der Waals surface area contributed by atoms with Gasteiger partial charge in [-0.25, -0.2) is 4.39 Å². The number of benzene rings is 1. The molecule has 10 nitrogen and oxygen atoms in total. The topological polar surface area (TPSA) is 149 Å². The highest BCUT2D eigenvalue weighted by Gasteiger charge is 2.33. The number of amides is 3. The number of ketones is 1. The van der Waals surface area contributed by atoms with E-state index in [2.05, 4.69) is 10.6 Å². The molecule has 3 N–H and O–H groups in total. The average Bonchev–Trinajstić information content (AvgIpc) is 2.89. The van der Waals surface area contributed by atoms with Crippen molar-refractivity contribution in [2.75, 3.05) is 26.8 Å². The molecule has 0 saturated carbocycles. The molecule has 11 heteroatoms. The Morgan fingerprint density at radius 3 is 2.36 bits per heavy atom. The SMILES string of the molecule is Cc1ccc(CNC(=O)[C@H](COCCN(C)C(=O)C(C#N)=CC(C)C)CC(=O)[C@@H](NC(=O)C(C)(C)C)[C@@H](C)O)c(F)c1. The second-order valence-electron chi connectivity index (χ2n) is 11.9. The number of carbonyl (C=O) groups excluding carboxylic acids is 4. The monoisotopic (exact) mass is 588 g/mol. The van der Waals surface area contributed by atoms with Crippen LogP contribution in [0.4, 0.5) is 4.39 Å². The number of Topliss-reactive ketones (excluding diaryl/α,β-unsaturated/α-hetero) is 1. The Morgan fingerprint density at radius 1 is 1.19 bits per heavy atom. The van der Waals surface area contributed by atoms with Crippen LogP contribution in [-0.2, 0) is 30.5 Å². The van der Waals surface area contributed by atoms with Crippen LogP contribution in [0.15, 0.2) is 29.8 Å². The first-order chi connectivity index (χ1) is 19.5. The lowest BCUT2D eigenvalue weighted by Crippen LogP contribution is -2.52. The lowest BCUT2D eigenvalue weighted by molar-refractivity contribution is -0.137.